The number of aryl methyl sites for hydroxylation is 1. The van der Waals surface area contributed by atoms with Crippen LogP contribution in [-0.2, 0) is 10.2 Å². The number of Topliss-reactive ketones (excluding diaryl/α,β-unsaturated/α-hetero) is 1. The van der Waals surface area contributed by atoms with Gasteiger partial charge in [0.2, 0.25) is 0 Å². The van der Waals surface area contributed by atoms with Crippen LogP contribution in [0.1, 0.15) is 38.3 Å². The Hall–Kier alpha value is -1.38. The number of nitrogen functional groups attached to an aromatic ring is 1. The summed E-state index contributed by atoms with van der Waals surface area (Å²) < 4.78 is 0. The Kier molecular flexibility index (Phi) is 3.12. The molecule has 1 heterocycles. The maximum absolute atomic E-state index is 11.2. The van der Waals surface area contributed by atoms with Gasteiger partial charge in [0.05, 0.1) is 0 Å². The normalized spacial score (nSPS) is 11.5. The highest BCUT2D eigenvalue weighted by Gasteiger charge is 2.26. The molecule has 82 valence electrons. The summed E-state index contributed by atoms with van der Waals surface area (Å²) in [5, 5.41) is 0. The van der Waals surface area contributed by atoms with Gasteiger partial charge in [-0.2, -0.15) is 0 Å². The first kappa shape index (κ1) is 11.7. The molecule has 0 atom stereocenters. The molecular formula is C12H18N2O. The van der Waals surface area contributed by atoms with E-state index in [9.17, 15) is 4.79 Å². The number of nitrogens with two attached hydrogens (primary N) is 1. The van der Waals surface area contributed by atoms with Crippen LogP contribution in [-0.4, -0.2) is 10.8 Å². The number of rotatable bonds is 3. The lowest BCUT2D eigenvalue weighted by Crippen LogP contribution is -2.24. The molecular weight excluding hydrogens is 188 g/mol. The van der Waals surface area contributed by atoms with Crippen molar-refractivity contribution in [3.05, 3.63) is 23.4 Å². The molecule has 0 saturated carbocycles. The van der Waals surface area contributed by atoms with E-state index in [1.807, 2.05) is 26.8 Å². The standard InChI is InChI=1S/C12H18N2O/c1-8-5-6-14-11(13)10(8)12(3,4)7-9(2)15/h5-6H,7H2,1-4H3,(H2,13,14). The van der Waals surface area contributed by atoms with Crippen molar-refractivity contribution in [2.24, 2.45) is 0 Å². The SMILES string of the molecule is CC(=O)CC(C)(C)c1c(C)ccnc1N. The molecule has 0 radical (unpaired) electrons. The molecule has 1 aromatic heterocycles. The van der Waals surface area contributed by atoms with Crippen molar-refractivity contribution in [3.63, 3.8) is 0 Å². The average molecular weight is 206 g/mol. The molecule has 0 saturated heterocycles. The van der Waals surface area contributed by atoms with E-state index >= 15 is 0 Å². The van der Waals surface area contributed by atoms with E-state index in [0.29, 0.717) is 12.2 Å². The number of aromatic nitrogens is 1. The minimum Gasteiger partial charge on any atom is -0.383 e. The number of hydrogen-bond acceptors (Lipinski definition) is 3. The summed E-state index contributed by atoms with van der Waals surface area (Å²) in [7, 11) is 0. The second-order valence-electron chi connectivity index (χ2n) is 4.65. The average Bonchev–Trinajstić information content (AvgIpc) is 1.99. The minimum absolute atomic E-state index is 0.169. The lowest BCUT2D eigenvalue weighted by molar-refractivity contribution is -0.118. The first-order valence-corrected chi connectivity index (χ1v) is 5.05. The van der Waals surface area contributed by atoms with Crippen molar-refractivity contribution < 1.29 is 4.79 Å². The van der Waals surface area contributed by atoms with Gasteiger partial charge in [0.1, 0.15) is 11.6 Å². The van der Waals surface area contributed by atoms with Crippen LogP contribution in [0.15, 0.2) is 12.3 Å². The number of ketones is 1. The van der Waals surface area contributed by atoms with Crippen LogP contribution in [0.5, 0.6) is 0 Å². The fourth-order valence-corrected chi connectivity index (χ4v) is 2.17. The lowest BCUT2D eigenvalue weighted by Gasteiger charge is -2.26. The molecule has 0 unspecified atom stereocenters. The molecule has 2 N–H and O–H groups in total. The highest BCUT2D eigenvalue weighted by atomic mass is 16.1. The predicted molar refractivity (Wildman–Crippen MR) is 61.7 cm³/mol. The smallest absolute Gasteiger partial charge is 0.130 e. The fraction of sp³-hybridized carbons (Fsp3) is 0.500. The highest BCUT2D eigenvalue weighted by Crippen LogP contribution is 2.32. The summed E-state index contributed by atoms with van der Waals surface area (Å²) in [6.45, 7) is 7.64. The Morgan fingerprint density at radius 1 is 1.53 bits per heavy atom. The van der Waals surface area contributed by atoms with Crippen LogP contribution in [0.3, 0.4) is 0 Å². The van der Waals surface area contributed by atoms with E-state index in [-0.39, 0.29) is 11.2 Å². The topological polar surface area (TPSA) is 56.0 Å². The van der Waals surface area contributed by atoms with E-state index in [1.165, 1.54) is 0 Å². The summed E-state index contributed by atoms with van der Waals surface area (Å²) in [4.78, 5) is 15.3. The third-order valence-electron chi connectivity index (χ3n) is 2.56. The lowest BCUT2D eigenvalue weighted by atomic mass is 9.78. The number of pyridine rings is 1. The molecule has 0 aliphatic heterocycles. The van der Waals surface area contributed by atoms with Crippen LogP contribution < -0.4 is 5.73 Å². The molecule has 1 rings (SSSR count). The minimum atomic E-state index is -0.242. The van der Waals surface area contributed by atoms with Gasteiger partial charge in [-0.05, 0) is 25.5 Å². The summed E-state index contributed by atoms with van der Waals surface area (Å²) in [5.74, 6) is 0.698. The number of carbonyl (C=O) groups excluding carboxylic acids is 1. The van der Waals surface area contributed by atoms with Crippen molar-refractivity contribution in [1.29, 1.82) is 0 Å². The number of carbonyl (C=O) groups is 1. The molecule has 3 heteroatoms. The van der Waals surface area contributed by atoms with Crippen molar-refractivity contribution >= 4 is 11.6 Å². The second-order valence-corrected chi connectivity index (χ2v) is 4.65. The Balaban J connectivity index is 3.19. The zero-order chi connectivity index (χ0) is 11.6. The van der Waals surface area contributed by atoms with E-state index in [4.69, 9.17) is 5.73 Å². The highest BCUT2D eigenvalue weighted by molar-refractivity contribution is 5.77. The fourth-order valence-electron chi connectivity index (χ4n) is 2.17. The number of anilines is 1. The zero-order valence-electron chi connectivity index (χ0n) is 9.79. The van der Waals surface area contributed by atoms with E-state index in [0.717, 1.165) is 11.1 Å². The Labute approximate surface area is 90.7 Å². The van der Waals surface area contributed by atoms with Gasteiger partial charge in [-0.1, -0.05) is 13.8 Å². The zero-order valence-corrected chi connectivity index (χ0v) is 9.79. The number of hydrogen-bond donors (Lipinski definition) is 1. The van der Waals surface area contributed by atoms with Gasteiger partial charge in [0.15, 0.2) is 0 Å². The monoisotopic (exact) mass is 206 g/mol. The summed E-state index contributed by atoms with van der Waals surface area (Å²) in [5.41, 5.74) is 7.70. The van der Waals surface area contributed by atoms with Crippen molar-refractivity contribution in [1.82, 2.24) is 4.98 Å². The summed E-state index contributed by atoms with van der Waals surface area (Å²) >= 11 is 0. The van der Waals surface area contributed by atoms with Crippen LogP contribution in [0.2, 0.25) is 0 Å². The largest absolute Gasteiger partial charge is 0.383 e. The maximum atomic E-state index is 11.2. The molecule has 0 bridgehead atoms. The maximum Gasteiger partial charge on any atom is 0.130 e. The molecule has 0 aliphatic carbocycles. The van der Waals surface area contributed by atoms with Crippen LogP contribution in [0.4, 0.5) is 5.82 Å². The van der Waals surface area contributed by atoms with Gasteiger partial charge in [-0.3, -0.25) is 4.79 Å². The van der Waals surface area contributed by atoms with Crippen LogP contribution >= 0.6 is 0 Å². The molecule has 0 amide bonds. The molecule has 0 spiro atoms. The van der Waals surface area contributed by atoms with Gasteiger partial charge in [0.25, 0.3) is 0 Å². The third-order valence-corrected chi connectivity index (χ3v) is 2.56. The van der Waals surface area contributed by atoms with Gasteiger partial charge < -0.3 is 5.73 Å². The van der Waals surface area contributed by atoms with Crippen molar-refractivity contribution in [3.8, 4) is 0 Å². The third kappa shape index (κ3) is 2.55. The van der Waals surface area contributed by atoms with Crippen LogP contribution in [0, 0.1) is 6.92 Å². The molecule has 0 aromatic carbocycles. The van der Waals surface area contributed by atoms with Gasteiger partial charge in [-0.15, -0.1) is 0 Å². The van der Waals surface area contributed by atoms with E-state index in [1.54, 1.807) is 13.1 Å². The molecule has 15 heavy (non-hydrogen) atoms. The van der Waals surface area contributed by atoms with Crippen molar-refractivity contribution in [2.45, 2.75) is 39.5 Å². The number of nitrogens with zero attached hydrogens (tertiary/aromatic N) is 1. The van der Waals surface area contributed by atoms with Gasteiger partial charge >= 0.3 is 0 Å². The van der Waals surface area contributed by atoms with E-state index < -0.39 is 0 Å². The van der Waals surface area contributed by atoms with E-state index in [2.05, 4.69) is 4.98 Å². The molecule has 1 aromatic rings. The van der Waals surface area contributed by atoms with Crippen LogP contribution in [0.25, 0.3) is 0 Å². The first-order chi connectivity index (χ1) is 6.84. The van der Waals surface area contributed by atoms with Gasteiger partial charge in [-0.25, -0.2) is 4.98 Å². The Morgan fingerprint density at radius 2 is 2.13 bits per heavy atom. The molecule has 0 aliphatic rings. The van der Waals surface area contributed by atoms with Gasteiger partial charge in [0, 0.05) is 23.6 Å². The summed E-state index contributed by atoms with van der Waals surface area (Å²) in [6, 6.07) is 1.92. The quantitative estimate of drug-likeness (QED) is 0.825. The first-order valence-electron chi connectivity index (χ1n) is 5.05. The predicted octanol–water partition coefficient (Wildman–Crippen LogP) is 2.23. The van der Waals surface area contributed by atoms with Crippen molar-refractivity contribution in [2.75, 3.05) is 5.73 Å². The second kappa shape index (κ2) is 4.01. The molecule has 0 fully saturated rings. The Morgan fingerprint density at radius 3 is 2.60 bits per heavy atom. The Bertz CT molecular complexity index is 363. The molecule has 3 nitrogen and oxygen atoms in total. The summed E-state index contributed by atoms with van der Waals surface area (Å²) in [6.07, 6.45) is 2.18.